The van der Waals surface area contributed by atoms with Crippen LogP contribution in [0.15, 0.2) is 6.20 Å². The van der Waals surface area contributed by atoms with E-state index in [1.807, 2.05) is 6.92 Å². The molecule has 0 aromatic carbocycles. The minimum atomic E-state index is 0.494. The van der Waals surface area contributed by atoms with Crippen LogP contribution in [0.25, 0.3) is 0 Å². The molecular weight excluding hydrogens is 256 g/mol. The van der Waals surface area contributed by atoms with Gasteiger partial charge in [0.05, 0.1) is 26.0 Å². The van der Waals surface area contributed by atoms with Crippen LogP contribution in [-0.2, 0) is 9.47 Å². The van der Waals surface area contributed by atoms with E-state index in [1.165, 1.54) is 0 Å². The van der Waals surface area contributed by atoms with Gasteiger partial charge in [-0.15, -0.1) is 0 Å². The predicted octanol–water partition coefficient (Wildman–Crippen LogP) is 1.64. The van der Waals surface area contributed by atoms with E-state index >= 15 is 0 Å². The molecule has 1 heterocycles. The van der Waals surface area contributed by atoms with Crippen LogP contribution in [0.3, 0.4) is 0 Å². The Kier molecular flexibility index (Phi) is 7.40. The molecular formula is C11H19ClN4O2. The van der Waals surface area contributed by atoms with Crippen LogP contribution in [0.4, 0.5) is 11.8 Å². The molecule has 0 aliphatic heterocycles. The lowest BCUT2D eigenvalue weighted by molar-refractivity contribution is 0.0759. The van der Waals surface area contributed by atoms with Gasteiger partial charge < -0.3 is 20.1 Å². The zero-order valence-electron chi connectivity index (χ0n) is 10.7. The van der Waals surface area contributed by atoms with Crippen molar-refractivity contribution in [1.82, 2.24) is 9.97 Å². The molecule has 2 N–H and O–H groups in total. The second-order valence-corrected chi connectivity index (χ2v) is 3.86. The minimum absolute atomic E-state index is 0.494. The van der Waals surface area contributed by atoms with Gasteiger partial charge in [0.1, 0.15) is 5.02 Å². The van der Waals surface area contributed by atoms with Gasteiger partial charge in [0.25, 0.3) is 0 Å². The summed E-state index contributed by atoms with van der Waals surface area (Å²) >= 11 is 5.98. The molecule has 0 saturated carbocycles. The standard InChI is InChI=1S/C11H19ClN4O2/c1-3-13-11-15-8-9(12)10(16-11)14-4-5-18-7-6-17-2/h8H,3-7H2,1-2H3,(H2,13,14,15,16). The van der Waals surface area contributed by atoms with Crippen LogP contribution >= 0.6 is 11.6 Å². The van der Waals surface area contributed by atoms with Gasteiger partial charge in [-0.05, 0) is 6.92 Å². The highest BCUT2D eigenvalue weighted by atomic mass is 35.5. The number of nitrogens with one attached hydrogen (secondary N) is 2. The Hall–Kier alpha value is -1.11. The van der Waals surface area contributed by atoms with Crippen LogP contribution in [0.1, 0.15) is 6.92 Å². The second-order valence-electron chi connectivity index (χ2n) is 3.45. The lowest BCUT2D eigenvalue weighted by atomic mass is 10.5. The van der Waals surface area contributed by atoms with Crippen molar-refractivity contribution in [1.29, 1.82) is 0 Å². The molecule has 0 radical (unpaired) electrons. The Balaban J connectivity index is 2.34. The molecule has 0 aliphatic carbocycles. The first-order valence-corrected chi connectivity index (χ1v) is 6.22. The van der Waals surface area contributed by atoms with Gasteiger partial charge in [0, 0.05) is 20.2 Å². The van der Waals surface area contributed by atoms with Crippen LogP contribution in [0.2, 0.25) is 5.02 Å². The normalized spacial score (nSPS) is 10.4. The molecule has 0 saturated heterocycles. The first-order chi connectivity index (χ1) is 8.77. The molecule has 0 amide bonds. The second kappa shape index (κ2) is 8.91. The maximum Gasteiger partial charge on any atom is 0.224 e. The van der Waals surface area contributed by atoms with E-state index in [9.17, 15) is 0 Å². The van der Waals surface area contributed by atoms with E-state index in [0.29, 0.717) is 43.2 Å². The molecule has 0 atom stereocenters. The van der Waals surface area contributed by atoms with Crippen LogP contribution in [0, 0.1) is 0 Å². The maximum atomic E-state index is 5.98. The summed E-state index contributed by atoms with van der Waals surface area (Å²) in [5.74, 6) is 1.17. The Labute approximate surface area is 112 Å². The summed E-state index contributed by atoms with van der Waals surface area (Å²) in [5.41, 5.74) is 0. The summed E-state index contributed by atoms with van der Waals surface area (Å²) in [6.07, 6.45) is 1.57. The molecule has 7 heteroatoms. The first kappa shape index (κ1) is 14.9. The van der Waals surface area contributed by atoms with E-state index in [1.54, 1.807) is 13.3 Å². The number of hydrogen-bond acceptors (Lipinski definition) is 6. The largest absolute Gasteiger partial charge is 0.382 e. The number of halogens is 1. The number of hydrogen-bond donors (Lipinski definition) is 2. The molecule has 1 aromatic heterocycles. The Bertz CT molecular complexity index is 352. The zero-order chi connectivity index (χ0) is 13.2. The van der Waals surface area contributed by atoms with Crippen LogP contribution < -0.4 is 10.6 Å². The fourth-order valence-electron chi connectivity index (χ4n) is 1.22. The number of nitrogens with zero attached hydrogens (tertiary/aromatic N) is 2. The Morgan fingerprint density at radius 1 is 1.28 bits per heavy atom. The topological polar surface area (TPSA) is 68.3 Å². The molecule has 0 spiro atoms. The van der Waals surface area contributed by atoms with Gasteiger partial charge in [-0.25, -0.2) is 4.98 Å². The van der Waals surface area contributed by atoms with Crippen molar-refractivity contribution in [2.75, 3.05) is 50.7 Å². The summed E-state index contributed by atoms with van der Waals surface area (Å²) < 4.78 is 10.2. The molecule has 1 aromatic rings. The van der Waals surface area contributed by atoms with Gasteiger partial charge in [-0.2, -0.15) is 4.98 Å². The summed E-state index contributed by atoms with van der Waals surface area (Å²) in [4.78, 5) is 8.31. The van der Waals surface area contributed by atoms with Crippen LogP contribution in [0.5, 0.6) is 0 Å². The van der Waals surface area contributed by atoms with Crippen molar-refractivity contribution in [3.05, 3.63) is 11.2 Å². The molecule has 0 unspecified atom stereocenters. The lowest BCUT2D eigenvalue weighted by Crippen LogP contribution is -2.13. The van der Waals surface area contributed by atoms with Gasteiger partial charge >= 0.3 is 0 Å². The van der Waals surface area contributed by atoms with E-state index < -0.39 is 0 Å². The SMILES string of the molecule is CCNc1ncc(Cl)c(NCCOCCOC)n1. The third kappa shape index (κ3) is 5.48. The van der Waals surface area contributed by atoms with Gasteiger partial charge in [-0.3, -0.25) is 0 Å². The average molecular weight is 275 g/mol. The predicted molar refractivity (Wildman–Crippen MR) is 72.4 cm³/mol. The van der Waals surface area contributed by atoms with Crippen molar-refractivity contribution in [3.63, 3.8) is 0 Å². The van der Waals surface area contributed by atoms with Crippen molar-refractivity contribution in [3.8, 4) is 0 Å². The van der Waals surface area contributed by atoms with Crippen LogP contribution in [-0.4, -0.2) is 50.0 Å². The third-order valence-corrected chi connectivity index (χ3v) is 2.33. The molecule has 0 aliphatic rings. The fourth-order valence-corrected chi connectivity index (χ4v) is 1.38. The fraction of sp³-hybridized carbons (Fsp3) is 0.636. The summed E-state index contributed by atoms with van der Waals surface area (Å²) in [6, 6.07) is 0. The average Bonchev–Trinajstić information content (AvgIpc) is 2.37. The highest BCUT2D eigenvalue weighted by Crippen LogP contribution is 2.18. The van der Waals surface area contributed by atoms with E-state index in [-0.39, 0.29) is 0 Å². The molecule has 0 fully saturated rings. The van der Waals surface area contributed by atoms with Crippen molar-refractivity contribution < 1.29 is 9.47 Å². The smallest absolute Gasteiger partial charge is 0.224 e. The summed E-state index contributed by atoms with van der Waals surface area (Å²) in [5, 5.41) is 6.62. The van der Waals surface area contributed by atoms with Crippen molar-refractivity contribution >= 4 is 23.4 Å². The zero-order valence-corrected chi connectivity index (χ0v) is 11.5. The number of ether oxygens (including phenoxy) is 2. The lowest BCUT2D eigenvalue weighted by Gasteiger charge is -2.09. The molecule has 0 bridgehead atoms. The van der Waals surface area contributed by atoms with E-state index in [0.717, 1.165) is 6.54 Å². The van der Waals surface area contributed by atoms with E-state index in [4.69, 9.17) is 21.1 Å². The highest BCUT2D eigenvalue weighted by Gasteiger charge is 2.04. The summed E-state index contributed by atoms with van der Waals surface area (Å²) in [6.45, 7) is 5.12. The highest BCUT2D eigenvalue weighted by molar-refractivity contribution is 6.32. The van der Waals surface area contributed by atoms with Crippen molar-refractivity contribution in [2.45, 2.75) is 6.92 Å². The molecule has 6 nitrogen and oxygen atoms in total. The number of anilines is 2. The van der Waals surface area contributed by atoms with Gasteiger partial charge in [0.15, 0.2) is 5.82 Å². The molecule has 1 rings (SSSR count). The molecule has 18 heavy (non-hydrogen) atoms. The third-order valence-electron chi connectivity index (χ3n) is 2.05. The monoisotopic (exact) mass is 274 g/mol. The van der Waals surface area contributed by atoms with Gasteiger partial charge in [0.2, 0.25) is 5.95 Å². The van der Waals surface area contributed by atoms with Crippen molar-refractivity contribution in [2.24, 2.45) is 0 Å². The Morgan fingerprint density at radius 2 is 2.11 bits per heavy atom. The number of aromatic nitrogens is 2. The first-order valence-electron chi connectivity index (χ1n) is 5.85. The maximum absolute atomic E-state index is 5.98. The van der Waals surface area contributed by atoms with Gasteiger partial charge in [-0.1, -0.05) is 11.6 Å². The van der Waals surface area contributed by atoms with E-state index in [2.05, 4.69) is 20.6 Å². The molecule has 102 valence electrons. The quantitative estimate of drug-likeness (QED) is 0.667. The minimum Gasteiger partial charge on any atom is -0.382 e. The number of methoxy groups -OCH3 is 1. The summed E-state index contributed by atoms with van der Waals surface area (Å²) in [7, 11) is 1.64. The number of rotatable bonds is 9. The Morgan fingerprint density at radius 3 is 2.83 bits per heavy atom.